The van der Waals surface area contributed by atoms with Crippen molar-refractivity contribution in [1.29, 1.82) is 0 Å². The Bertz CT molecular complexity index is 1430. The van der Waals surface area contributed by atoms with Gasteiger partial charge in [0.05, 0.1) is 11.8 Å². The number of hydrogen-bond acceptors (Lipinski definition) is 6. The van der Waals surface area contributed by atoms with E-state index in [0.717, 1.165) is 9.35 Å². The molecule has 0 bridgehead atoms. The summed E-state index contributed by atoms with van der Waals surface area (Å²) in [6, 6.07) is 25.8. The topological polar surface area (TPSA) is 96.9 Å². The number of nitrogens with one attached hydrogen (secondary N) is 2. The number of benzene rings is 3. The molecular formula is C28H20BrN3O4S. The van der Waals surface area contributed by atoms with Crippen LogP contribution in [-0.4, -0.2) is 24.0 Å². The van der Waals surface area contributed by atoms with Crippen LogP contribution in [-0.2, 0) is 4.79 Å². The predicted molar refractivity (Wildman–Crippen MR) is 147 cm³/mol. The van der Waals surface area contributed by atoms with Gasteiger partial charge in [-0.1, -0.05) is 40.2 Å². The molecule has 1 heterocycles. The summed E-state index contributed by atoms with van der Waals surface area (Å²) in [6.45, 7) is 0. The van der Waals surface area contributed by atoms with E-state index in [2.05, 4.69) is 31.8 Å². The number of hydrazone groups is 1. The Hall–Kier alpha value is -4.34. The lowest BCUT2D eigenvalue weighted by Gasteiger charge is -2.08. The van der Waals surface area contributed by atoms with Crippen molar-refractivity contribution in [2.45, 2.75) is 0 Å². The SMILES string of the molecule is O=C(N/N=C\c1ccc(OC(=O)c2ccc(Br)cc2)cc1)/C(=C/c1cccs1)NC(=O)c1ccccc1. The minimum absolute atomic E-state index is 0.0589. The summed E-state index contributed by atoms with van der Waals surface area (Å²) < 4.78 is 6.25. The Morgan fingerprint density at radius 1 is 0.838 bits per heavy atom. The van der Waals surface area contributed by atoms with Crippen molar-refractivity contribution < 1.29 is 19.1 Å². The third-order valence-corrected chi connectivity index (χ3v) is 6.26. The largest absolute Gasteiger partial charge is 0.423 e. The molecular weight excluding hydrogens is 554 g/mol. The molecule has 0 aliphatic carbocycles. The molecule has 0 fully saturated rings. The van der Waals surface area contributed by atoms with E-state index in [1.807, 2.05) is 17.5 Å². The summed E-state index contributed by atoms with van der Waals surface area (Å²) in [4.78, 5) is 38.4. The van der Waals surface area contributed by atoms with Crippen LogP contribution in [0.15, 0.2) is 112 Å². The molecule has 0 atom stereocenters. The van der Waals surface area contributed by atoms with Crippen molar-refractivity contribution in [2.24, 2.45) is 5.10 Å². The minimum Gasteiger partial charge on any atom is -0.423 e. The second kappa shape index (κ2) is 12.6. The highest BCUT2D eigenvalue weighted by Gasteiger charge is 2.14. The lowest BCUT2D eigenvalue weighted by atomic mass is 10.2. The molecule has 37 heavy (non-hydrogen) atoms. The molecule has 0 unspecified atom stereocenters. The number of ether oxygens (including phenoxy) is 1. The molecule has 2 amide bonds. The van der Waals surface area contributed by atoms with Crippen molar-refractivity contribution in [3.05, 3.63) is 128 Å². The van der Waals surface area contributed by atoms with E-state index in [-0.39, 0.29) is 5.70 Å². The van der Waals surface area contributed by atoms with Gasteiger partial charge in [-0.2, -0.15) is 5.10 Å². The van der Waals surface area contributed by atoms with Crippen LogP contribution in [0.25, 0.3) is 6.08 Å². The fraction of sp³-hybridized carbons (Fsp3) is 0. The van der Waals surface area contributed by atoms with Gasteiger partial charge in [0, 0.05) is 14.9 Å². The third-order valence-electron chi connectivity index (χ3n) is 4.91. The molecule has 7 nitrogen and oxygen atoms in total. The van der Waals surface area contributed by atoms with Crippen LogP contribution >= 0.6 is 27.3 Å². The van der Waals surface area contributed by atoms with Crippen molar-refractivity contribution in [2.75, 3.05) is 0 Å². The summed E-state index contributed by atoms with van der Waals surface area (Å²) in [5.41, 5.74) is 4.02. The van der Waals surface area contributed by atoms with Gasteiger partial charge in [-0.25, -0.2) is 10.2 Å². The van der Waals surface area contributed by atoms with Gasteiger partial charge >= 0.3 is 5.97 Å². The number of hydrogen-bond donors (Lipinski definition) is 2. The van der Waals surface area contributed by atoms with Crippen LogP contribution in [0.1, 0.15) is 31.2 Å². The number of esters is 1. The Balaban J connectivity index is 1.38. The Kier molecular flexibility index (Phi) is 8.75. The first-order valence-electron chi connectivity index (χ1n) is 11.0. The summed E-state index contributed by atoms with van der Waals surface area (Å²) >= 11 is 4.76. The van der Waals surface area contributed by atoms with Crippen LogP contribution in [0.3, 0.4) is 0 Å². The van der Waals surface area contributed by atoms with Gasteiger partial charge in [-0.3, -0.25) is 9.59 Å². The molecule has 3 aromatic carbocycles. The van der Waals surface area contributed by atoms with Gasteiger partial charge in [-0.15, -0.1) is 11.3 Å². The van der Waals surface area contributed by atoms with E-state index in [1.54, 1.807) is 84.9 Å². The molecule has 4 aromatic rings. The van der Waals surface area contributed by atoms with Gasteiger partial charge in [0.1, 0.15) is 11.4 Å². The molecule has 4 rings (SSSR count). The Morgan fingerprint density at radius 2 is 1.57 bits per heavy atom. The molecule has 1 aromatic heterocycles. The number of halogens is 1. The number of amides is 2. The highest BCUT2D eigenvalue weighted by molar-refractivity contribution is 9.10. The molecule has 0 spiro atoms. The summed E-state index contributed by atoms with van der Waals surface area (Å²) in [5.74, 6) is -1.08. The highest BCUT2D eigenvalue weighted by atomic mass is 79.9. The zero-order chi connectivity index (χ0) is 26.0. The normalized spacial score (nSPS) is 11.2. The van der Waals surface area contributed by atoms with Crippen molar-refractivity contribution >= 4 is 57.3 Å². The predicted octanol–water partition coefficient (Wildman–Crippen LogP) is 5.65. The number of thiophene rings is 1. The van der Waals surface area contributed by atoms with E-state index in [4.69, 9.17) is 4.74 Å². The number of carbonyl (C=O) groups excluding carboxylic acids is 3. The minimum atomic E-state index is -0.575. The number of nitrogens with zero attached hydrogens (tertiary/aromatic N) is 1. The van der Waals surface area contributed by atoms with Gasteiger partial charge in [0.15, 0.2) is 0 Å². The fourth-order valence-corrected chi connectivity index (χ4v) is 3.98. The number of carbonyl (C=O) groups is 3. The Morgan fingerprint density at radius 3 is 2.24 bits per heavy atom. The maximum atomic E-state index is 12.8. The van der Waals surface area contributed by atoms with Crippen molar-refractivity contribution in [1.82, 2.24) is 10.7 Å². The Labute approximate surface area is 225 Å². The van der Waals surface area contributed by atoms with E-state index in [1.165, 1.54) is 17.6 Å². The highest BCUT2D eigenvalue weighted by Crippen LogP contribution is 2.16. The molecule has 0 radical (unpaired) electrons. The van der Waals surface area contributed by atoms with Gasteiger partial charge in [0.25, 0.3) is 11.8 Å². The number of rotatable bonds is 8. The van der Waals surface area contributed by atoms with Crippen LogP contribution in [0.4, 0.5) is 0 Å². The van der Waals surface area contributed by atoms with Crippen molar-refractivity contribution in [3.63, 3.8) is 0 Å². The molecule has 9 heteroatoms. The van der Waals surface area contributed by atoms with E-state index in [9.17, 15) is 14.4 Å². The summed E-state index contributed by atoms with van der Waals surface area (Å²) in [6.07, 6.45) is 3.03. The second-order valence-corrected chi connectivity index (χ2v) is 9.45. The van der Waals surface area contributed by atoms with Gasteiger partial charge in [-0.05, 0) is 83.7 Å². The van der Waals surface area contributed by atoms with Crippen LogP contribution in [0.2, 0.25) is 0 Å². The van der Waals surface area contributed by atoms with Crippen LogP contribution in [0, 0.1) is 0 Å². The van der Waals surface area contributed by atoms with Crippen LogP contribution in [0.5, 0.6) is 5.75 Å². The maximum absolute atomic E-state index is 12.8. The average molecular weight is 574 g/mol. The lowest BCUT2D eigenvalue weighted by Crippen LogP contribution is -2.32. The van der Waals surface area contributed by atoms with Crippen LogP contribution < -0.4 is 15.5 Å². The molecule has 0 aliphatic rings. The van der Waals surface area contributed by atoms with Crippen molar-refractivity contribution in [3.8, 4) is 5.75 Å². The van der Waals surface area contributed by atoms with Gasteiger partial charge in [0.2, 0.25) is 0 Å². The van der Waals surface area contributed by atoms with E-state index in [0.29, 0.717) is 22.4 Å². The smallest absolute Gasteiger partial charge is 0.343 e. The summed E-state index contributed by atoms with van der Waals surface area (Å²) in [7, 11) is 0. The first-order chi connectivity index (χ1) is 18.0. The molecule has 184 valence electrons. The zero-order valence-electron chi connectivity index (χ0n) is 19.3. The first kappa shape index (κ1) is 25.7. The fourth-order valence-electron chi connectivity index (χ4n) is 3.06. The molecule has 0 saturated heterocycles. The molecule has 0 aliphatic heterocycles. The summed E-state index contributed by atoms with van der Waals surface area (Å²) in [5, 5.41) is 8.52. The standard InChI is InChI=1S/C28H20BrN3O4S/c29-22-12-10-21(11-13-22)28(35)36-23-14-8-19(9-15-23)18-30-32-27(34)25(17-24-7-4-16-37-24)31-26(33)20-5-2-1-3-6-20/h1-18H,(H,31,33)(H,32,34)/b25-17-,30-18-. The lowest BCUT2D eigenvalue weighted by molar-refractivity contribution is -0.117. The maximum Gasteiger partial charge on any atom is 0.343 e. The second-order valence-electron chi connectivity index (χ2n) is 7.56. The zero-order valence-corrected chi connectivity index (χ0v) is 21.7. The first-order valence-corrected chi connectivity index (χ1v) is 12.7. The molecule has 0 saturated carbocycles. The van der Waals surface area contributed by atoms with Gasteiger partial charge < -0.3 is 10.1 Å². The quantitative estimate of drug-likeness (QED) is 0.0935. The average Bonchev–Trinajstić information content (AvgIpc) is 3.43. The third kappa shape index (κ3) is 7.57. The molecule has 2 N–H and O–H groups in total. The monoisotopic (exact) mass is 573 g/mol. The van der Waals surface area contributed by atoms with E-state index >= 15 is 0 Å². The van der Waals surface area contributed by atoms with E-state index < -0.39 is 17.8 Å².